The molecule has 0 aliphatic heterocycles. The highest BCUT2D eigenvalue weighted by atomic mass is 16.5. The molecular weight excluding hydrogens is 290 g/mol. The van der Waals surface area contributed by atoms with Gasteiger partial charge in [-0.15, -0.1) is 0 Å². The molecule has 1 aromatic carbocycles. The van der Waals surface area contributed by atoms with Crippen LogP contribution in [0.1, 0.15) is 22.3 Å². The molecule has 0 radical (unpaired) electrons. The fraction of sp³-hybridized carbons (Fsp3) is 0.333. The Morgan fingerprint density at radius 3 is 2.48 bits per heavy atom. The van der Waals surface area contributed by atoms with Crippen molar-refractivity contribution < 1.29 is 9.53 Å². The lowest BCUT2D eigenvalue weighted by Gasteiger charge is -2.11. The van der Waals surface area contributed by atoms with Crippen molar-refractivity contribution in [2.45, 2.75) is 12.8 Å². The summed E-state index contributed by atoms with van der Waals surface area (Å²) < 4.78 is 5.13. The average Bonchev–Trinajstić information content (AvgIpc) is 2.59. The molecule has 0 saturated heterocycles. The van der Waals surface area contributed by atoms with Crippen LogP contribution in [0.5, 0.6) is 5.75 Å². The second-order valence-corrected chi connectivity index (χ2v) is 5.51. The van der Waals surface area contributed by atoms with E-state index in [0.29, 0.717) is 12.1 Å². The van der Waals surface area contributed by atoms with E-state index in [1.54, 1.807) is 19.4 Å². The van der Waals surface area contributed by atoms with Crippen LogP contribution in [0, 0.1) is 0 Å². The molecule has 1 amide bonds. The van der Waals surface area contributed by atoms with Crippen molar-refractivity contribution >= 4 is 11.7 Å². The van der Waals surface area contributed by atoms with Crippen molar-refractivity contribution in [3.63, 3.8) is 0 Å². The summed E-state index contributed by atoms with van der Waals surface area (Å²) >= 11 is 0. The fourth-order valence-electron chi connectivity index (χ4n) is 2.17. The zero-order valence-corrected chi connectivity index (χ0v) is 13.9. The standard InChI is InChI=1S/C18H23N3O2/c1-21(2)17-11-8-15(13-20-17)18(22)19-12-4-5-14-6-9-16(23-3)10-7-14/h6-11,13H,4-5,12H2,1-3H3,(H,19,22). The molecule has 1 heterocycles. The SMILES string of the molecule is COc1ccc(CCCNC(=O)c2ccc(N(C)C)nc2)cc1. The lowest BCUT2D eigenvalue weighted by molar-refractivity contribution is 0.0953. The lowest BCUT2D eigenvalue weighted by atomic mass is 10.1. The van der Waals surface area contributed by atoms with Crippen LogP contribution < -0.4 is 15.0 Å². The maximum absolute atomic E-state index is 12.0. The van der Waals surface area contributed by atoms with E-state index < -0.39 is 0 Å². The summed E-state index contributed by atoms with van der Waals surface area (Å²) in [5.41, 5.74) is 1.82. The molecule has 0 aliphatic rings. The van der Waals surface area contributed by atoms with Gasteiger partial charge in [0.1, 0.15) is 11.6 Å². The van der Waals surface area contributed by atoms with E-state index in [0.717, 1.165) is 24.4 Å². The molecule has 0 atom stereocenters. The topological polar surface area (TPSA) is 54.5 Å². The molecule has 1 N–H and O–H groups in total. The molecule has 5 heteroatoms. The van der Waals surface area contributed by atoms with Gasteiger partial charge in [-0.2, -0.15) is 0 Å². The summed E-state index contributed by atoms with van der Waals surface area (Å²) in [5, 5.41) is 2.92. The van der Waals surface area contributed by atoms with Gasteiger partial charge in [0.25, 0.3) is 5.91 Å². The van der Waals surface area contributed by atoms with Gasteiger partial charge < -0.3 is 15.0 Å². The Morgan fingerprint density at radius 2 is 1.91 bits per heavy atom. The van der Waals surface area contributed by atoms with Crippen molar-refractivity contribution in [2.75, 3.05) is 32.6 Å². The number of benzene rings is 1. The molecule has 0 saturated carbocycles. The van der Waals surface area contributed by atoms with Gasteiger partial charge >= 0.3 is 0 Å². The molecule has 0 bridgehead atoms. The number of methoxy groups -OCH3 is 1. The minimum absolute atomic E-state index is 0.0856. The molecule has 2 aromatic rings. The van der Waals surface area contributed by atoms with E-state index in [4.69, 9.17) is 4.74 Å². The second-order valence-electron chi connectivity index (χ2n) is 5.51. The number of anilines is 1. The maximum Gasteiger partial charge on any atom is 0.252 e. The van der Waals surface area contributed by atoms with Crippen LogP contribution in [0.15, 0.2) is 42.6 Å². The number of nitrogens with one attached hydrogen (secondary N) is 1. The normalized spacial score (nSPS) is 10.2. The number of rotatable bonds is 7. The number of carbonyl (C=O) groups is 1. The largest absolute Gasteiger partial charge is 0.497 e. The van der Waals surface area contributed by atoms with Gasteiger partial charge in [0.05, 0.1) is 12.7 Å². The highest BCUT2D eigenvalue weighted by Crippen LogP contribution is 2.12. The number of hydrogen-bond acceptors (Lipinski definition) is 4. The Hall–Kier alpha value is -2.56. The van der Waals surface area contributed by atoms with E-state index >= 15 is 0 Å². The van der Waals surface area contributed by atoms with Gasteiger partial charge in [-0.05, 0) is 42.7 Å². The fourth-order valence-corrected chi connectivity index (χ4v) is 2.17. The number of pyridine rings is 1. The van der Waals surface area contributed by atoms with E-state index in [2.05, 4.69) is 10.3 Å². The Kier molecular flexibility index (Phi) is 5.97. The van der Waals surface area contributed by atoms with Crippen LogP contribution >= 0.6 is 0 Å². The van der Waals surface area contributed by atoms with E-state index in [1.165, 1.54) is 5.56 Å². The number of aromatic nitrogens is 1. The molecule has 2 rings (SSSR count). The molecular formula is C18H23N3O2. The van der Waals surface area contributed by atoms with Crippen molar-refractivity contribution in [1.82, 2.24) is 10.3 Å². The Morgan fingerprint density at radius 1 is 1.17 bits per heavy atom. The van der Waals surface area contributed by atoms with Crippen LogP contribution in [0.2, 0.25) is 0 Å². The van der Waals surface area contributed by atoms with Crippen molar-refractivity contribution in [1.29, 1.82) is 0 Å². The van der Waals surface area contributed by atoms with Gasteiger partial charge in [0.15, 0.2) is 0 Å². The van der Waals surface area contributed by atoms with Crippen LogP contribution in [-0.4, -0.2) is 38.6 Å². The minimum atomic E-state index is -0.0856. The number of carbonyl (C=O) groups excluding carboxylic acids is 1. The first-order valence-corrected chi connectivity index (χ1v) is 7.64. The monoisotopic (exact) mass is 313 g/mol. The first-order valence-electron chi connectivity index (χ1n) is 7.64. The van der Waals surface area contributed by atoms with Gasteiger partial charge in [-0.3, -0.25) is 4.79 Å². The molecule has 23 heavy (non-hydrogen) atoms. The summed E-state index contributed by atoms with van der Waals surface area (Å²) in [6.45, 7) is 0.639. The number of amides is 1. The zero-order valence-electron chi connectivity index (χ0n) is 13.9. The highest BCUT2D eigenvalue weighted by molar-refractivity contribution is 5.94. The Labute approximate surface area is 137 Å². The summed E-state index contributed by atoms with van der Waals surface area (Å²) in [5.74, 6) is 1.61. The number of hydrogen-bond donors (Lipinski definition) is 1. The highest BCUT2D eigenvalue weighted by Gasteiger charge is 2.06. The van der Waals surface area contributed by atoms with Gasteiger partial charge in [-0.1, -0.05) is 12.1 Å². The molecule has 1 aromatic heterocycles. The summed E-state index contributed by atoms with van der Waals surface area (Å²) in [4.78, 5) is 18.2. The number of ether oxygens (including phenoxy) is 1. The first kappa shape index (κ1) is 16.8. The van der Waals surface area contributed by atoms with Crippen LogP contribution in [0.25, 0.3) is 0 Å². The number of nitrogens with zero attached hydrogens (tertiary/aromatic N) is 2. The zero-order chi connectivity index (χ0) is 16.7. The minimum Gasteiger partial charge on any atom is -0.497 e. The van der Waals surface area contributed by atoms with Crippen LogP contribution in [0.3, 0.4) is 0 Å². The molecule has 0 fully saturated rings. The number of aryl methyl sites for hydroxylation is 1. The van der Waals surface area contributed by atoms with Crippen LogP contribution in [-0.2, 0) is 6.42 Å². The van der Waals surface area contributed by atoms with Crippen molar-refractivity contribution in [3.05, 3.63) is 53.7 Å². The summed E-state index contributed by atoms with van der Waals surface area (Å²) in [6.07, 6.45) is 3.41. The third kappa shape index (κ3) is 4.98. The predicted octanol–water partition coefficient (Wildman–Crippen LogP) is 2.52. The van der Waals surface area contributed by atoms with E-state index in [1.807, 2.05) is 49.3 Å². The van der Waals surface area contributed by atoms with Crippen molar-refractivity contribution in [2.24, 2.45) is 0 Å². The predicted molar refractivity (Wildman–Crippen MR) is 92.2 cm³/mol. The Balaban J connectivity index is 1.75. The molecule has 0 spiro atoms. The molecule has 0 unspecified atom stereocenters. The van der Waals surface area contributed by atoms with Gasteiger partial charge in [-0.25, -0.2) is 4.98 Å². The Bertz CT molecular complexity index is 622. The van der Waals surface area contributed by atoms with Crippen molar-refractivity contribution in [3.8, 4) is 5.75 Å². The first-order chi connectivity index (χ1) is 11.1. The molecule has 5 nitrogen and oxygen atoms in total. The third-order valence-corrected chi connectivity index (χ3v) is 3.56. The quantitative estimate of drug-likeness (QED) is 0.798. The molecule has 122 valence electrons. The van der Waals surface area contributed by atoms with Gasteiger partial charge in [0, 0.05) is 26.8 Å². The lowest BCUT2D eigenvalue weighted by Crippen LogP contribution is -2.25. The van der Waals surface area contributed by atoms with E-state index in [-0.39, 0.29) is 5.91 Å². The van der Waals surface area contributed by atoms with Gasteiger partial charge in [0.2, 0.25) is 0 Å². The second kappa shape index (κ2) is 8.17. The maximum atomic E-state index is 12.0. The van der Waals surface area contributed by atoms with E-state index in [9.17, 15) is 4.79 Å². The summed E-state index contributed by atoms with van der Waals surface area (Å²) in [6, 6.07) is 11.6. The third-order valence-electron chi connectivity index (χ3n) is 3.56. The average molecular weight is 313 g/mol. The summed E-state index contributed by atoms with van der Waals surface area (Å²) in [7, 11) is 5.49. The molecule has 0 aliphatic carbocycles. The smallest absolute Gasteiger partial charge is 0.252 e. The van der Waals surface area contributed by atoms with Crippen LogP contribution in [0.4, 0.5) is 5.82 Å².